The maximum atomic E-state index is 5.71. The van der Waals surface area contributed by atoms with Crippen molar-refractivity contribution in [3.63, 3.8) is 0 Å². The van der Waals surface area contributed by atoms with Gasteiger partial charge in [-0.2, -0.15) is 0 Å². The Morgan fingerprint density at radius 2 is 1.79 bits per heavy atom. The lowest BCUT2D eigenvalue weighted by Gasteiger charge is -2.14. The van der Waals surface area contributed by atoms with Gasteiger partial charge in [0.05, 0.1) is 20.3 Å². The number of halogens is 1. The largest absolute Gasteiger partial charge is 0.497 e. The third kappa shape index (κ3) is 8.48. The van der Waals surface area contributed by atoms with Crippen LogP contribution in [0.2, 0.25) is 0 Å². The molecular weight excluding hydrogens is 465 g/mol. The van der Waals surface area contributed by atoms with Gasteiger partial charge in [-0.25, -0.2) is 4.99 Å². The fourth-order valence-electron chi connectivity index (χ4n) is 2.66. The van der Waals surface area contributed by atoms with Gasteiger partial charge in [-0.05, 0) is 42.2 Å². The van der Waals surface area contributed by atoms with E-state index in [-0.39, 0.29) is 24.0 Å². The molecule has 2 N–H and O–H groups in total. The zero-order valence-electron chi connectivity index (χ0n) is 17.0. The second-order valence-corrected chi connectivity index (χ2v) is 6.22. The molecule has 0 atom stereocenters. The van der Waals surface area contributed by atoms with Crippen LogP contribution in [-0.4, -0.2) is 26.2 Å². The third-order valence-corrected chi connectivity index (χ3v) is 4.07. The van der Waals surface area contributed by atoms with Crippen molar-refractivity contribution in [2.24, 2.45) is 4.99 Å². The number of hydrogen-bond donors (Lipinski definition) is 2. The van der Waals surface area contributed by atoms with Crippen LogP contribution in [0.25, 0.3) is 0 Å². The fraction of sp³-hybridized carbons (Fsp3) is 0.409. The Morgan fingerprint density at radius 3 is 2.50 bits per heavy atom. The molecule has 0 heterocycles. The molecule has 0 spiro atoms. The van der Waals surface area contributed by atoms with E-state index in [1.807, 2.05) is 18.2 Å². The summed E-state index contributed by atoms with van der Waals surface area (Å²) in [6, 6.07) is 16.3. The average molecular weight is 497 g/mol. The van der Waals surface area contributed by atoms with Gasteiger partial charge in [0.15, 0.2) is 5.96 Å². The number of benzene rings is 2. The normalized spacial score (nSPS) is 10.9. The van der Waals surface area contributed by atoms with E-state index in [2.05, 4.69) is 59.8 Å². The van der Waals surface area contributed by atoms with E-state index in [0.717, 1.165) is 36.8 Å². The molecule has 0 saturated carbocycles. The summed E-state index contributed by atoms with van der Waals surface area (Å²) in [5.41, 5.74) is 3.54. The van der Waals surface area contributed by atoms with Gasteiger partial charge in [-0.15, -0.1) is 24.0 Å². The van der Waals surface area contributed by atoms with Gasteiger partial charge in [-0.3, -0.25) is 0 Å². The van der Waals surface area contributed by atoms with Crippen LogP contribution in [-0.2, 0) is 24.4 Å². The topological polar surface area (TPSA) is 54.9 Å². The van der Waals surface area contributed by atoms with Crippen molar-refractivity contribution in [2.45, 2.75) is 40.0 Å². The quantitative estimate of drug-likeness (QED) is 0.220. The highest BCUT2D eigenvalue weighted by atomic mass is 127. The number of nitrogens with zero attached hydrogens (tertiary/aromatic N) is 1. The summed E-state index contributed by atoms with van der Waals surface area (Å²) < 4.78 is 11.0. The molecule has 28 heavy (non-hydrogen) atoms. The number of nitrogens with one attached hydrogen (secondary N) is 2. The summed E-state index contributed by atoms with van der Waals surface area (Å²) in [7, 11) is 1.68. The molecule has 2 aromatic carbocycles. The fourth-order valence-corrected chi connectivity index (χ4v) is 2.66. The van der Waals surface area contributed by atoms with Crippen LogP contribution in [0.15, 0.2) is 53.5 Å². The smallest absolute Gasteiger partial charge is 0.191 e. The molecule has 154 valence electrons. The Balaban J connectivity index is 0.00000392. The highest BCUT2D eigenvalue weighted by molar-refractivity contribution is 14.0. The molecule has 0 unspecified atom stereocenters. The van der Waals surface area contributed by atoms with Crippen LogP contribution in [0.3, 0.4) is 0 Å². The van der Waals surface area contributed by atoms with E-state index < -0.39 is 0 Å². The summed E-state index contributed by atoms with van der Waals surface area (Å²) in [5.74, 6) is 1.64. The standard InChI is InChI=1S/C22H31N3O2.HI/c1-4-13-27-17-20-11-7-6-10-19(20)16-25-22(23-5-2)24-15-18-9-8-12-21(14-18)26-3;/h6-12,14H,4-5,13,15-17H2,1-3H3,(H2,23,24,25);1H. The predicted octanol–water partition coefficient (Wildman–Crippen LogP) is 4.50. The molecule has 0 amide bonds. The maximum Gasteiger partial charge on any atom is 0.191 e. The molecule has 0 saturated heterocycles. The molecule has 0 bridgehead atoms. The van der Waals surface area contributed by atoms with Gasteiger partial charge in [0, 0.05) is 19.7 Å². The molecule has 0 radical (unpaired) electrons. The van der Waals surface area contributed by atoms with Crippen LogP contribution in [0.1, 0.15) is 37.0 Å². The van der Waals surface area contributed by atoms with Crippen molar-refractivity contribution < 1.29 is 9.47 Å². The number of ether oxygens (including phenoxy) is 2. The lowest BCUT2D eigenvalue weighted by molar-refractivity contribution is 0.121. The third-order valence-electron chi connectivity index (χ3n) is 4.07. The van der Waals surface area contributed by atoms with E-state index in [1.165, 1.54) is 11.1 Å². The number of guanidine groups is 1. The van der Waals surface area contributed by atoms with Gasteiger partial charge in [0.25, 0.3) is 0 Å². The first-order chi connectivity index (χ1) is 13.3. The SMILES string of the molecule is CCCOCc1ccccc1CNC(=NCc1cccc(OC)c1)NCC.I. The van der Waals surface area contributed by atoms with Crippen molar-refractivity contribution in [1.82, 2.24) is 10.6 Å². The first-order valence-corrected chi connectivity index (χ1v) is 9.56. The average Bonchev–Trinajstić information content (AvgIpc) is 2.71. The minimum absolute atomic E-state index is 0. The summed E-state index contributed by atoms with van der Waals surface area (Å²) in [4.78, 5) is 4.69. The number of hydrogen-bond acceptors (Lipinski definition) is 3. The van der Waals surface area contributed by atoms with E-state index >= 15 is 0 Å². The van der Waals surface area contributed by atoms with Gasteiger partial charge in [0.1, 0.15) is 5.75 Å². The molecule has 0 aromatic heterocycles. The molecule has 0 aliphatic heterocycles. The van der Waals surface area contributed by atoms with Crippen molar-refractivity contribution in [2.75, 3.05) is 20.3 Å². The maximum absolute atomic E-state index is 5.71. The first-order valence-electron chi connectivity index (χ1n) is 9.56. The summed E-state index contributed by atoms with van der Waals surface area (Å²) >= 11 is 0. The van der Waals surface area contributed by atoms with Gasteiger partial charge >= 0.3 is 0 Å². The van der Waals surface area contributed by atoms with Crippen molar-refractivity contribution in [1.29, 1.82) is 0 Å². The second-order valence-electron chi connectivity index (χ2n) is 6.22. The number of aliphatic imine (C=N–C) groups is 1. The monoisotopic (exact) mass is 497 g/mol. The first kappa shape index (κ1) is 24.2. The molecule has 0 aliphatic carbocycles. The van der Waals surface area contributed by atoms with Crippen LogP contribution in [0.5, 0.6) is 5.75 Å². The summed E-state index contributed by atoms with van der Waals surface area (Å²) in [5, 5.41) is 6.72. The minimum Gasteiger partial charge on any atom is -0.497 e. The van der Waals surface area contributed by atoms with Crippen LogP contribution in [0.4, 0.5) is 0 Å². The molecule has 0 aliphatic rings. The zero-order chi connectivity index (χ0) is 19.3. The number of rotatable bonds is 10. The molecule has 0 fully saturated rings. The van der Waals surface area contributed by atoms with E-state index in [4.69, 9.17) is 9.47 Å². The highest BCUT2D eigenvalue weighted by Crippen LogP contribution is 2.13. The van der Waals surface area contributed by atoms with Gasteiger partial charge in [0.2, 0.25) is 0 Å². The van der Waals surface area contributed by atoms with E-state index in [1.54, 1.807) is 7.11 Å². The second kappa shape index (κ2) is 14.2. The van der Waals surface area contributed by atoms with E-state index in [9.17, 15) is 0 Å². The Bertz CT molecular complexity index is 722. The summed E-state index contributed by atoms with van der Waals surface area (Å²) in [6.07, 6.45) is 1.03. The Kier molecular flexibility index (Phi) is 12.3. The van der Waals surface area contributed by atoms with Gasteiger partial charge < -0.3 is 20.1 Å². The van der Waals surface area contributed by atoms with Crippen molar-refractivity contribution in [3.8, 4) is 5.75 Å². The predicted molar refractivity (Wildman–Crippen MR) is 126 cm³/mol. The molecule has 5 nitrogen and oxygen atoms in total. The Labute approximate surface area is 186 Å². The Morgan fingerprint density at radius 1 is 1.00 bits per heavy atom. The zero-order valence-corrected chi connectivity index (χ0v) is 19.4. The van der Waals surface area contributed by atoms with Crippen molar-refractivity contribution >= 4 is 29.9 Å². The molecule has 2 aromatic rings. The van der Waals surface area contributed by atoms with Crippen LogP contribution >= 0.6 is 24.0 Å². The molecule has 6 heteroatoms. The molecule has 2 rings (SSSR count). The Hall–Kier alpha value is -1.80. The lowest BCUT2D eigenvalue weighted by atomic mass is 10.1. The van der Waals surface area contributed by atoms with Crippen molar-refractivity contribution in [3.05, 3.63) is 65.2 Å². The van der Waals surface area contributed by atoms with Crippen LogP contribution in [0, 0.1) is 0 Å². The lowest BCUT2D eigenvalue weighted by Crippen LogP contribution is -2.37. The molecular formula is C22H32IN3O2. The highest BCUT2D eigenvalue weighted by Gasteiger charge is 2.04. The van der Waals surface area contributed by atoms with E-state index in [0.29, 0.717) is 19.7 Å². The minimum atomic E-state index is 0. The number of methoxy groups -OCH3 is 1. The van der Waals surface area contributed by atoms with Crippen LogP contribution < -0.4 is 15.4 Å². The summed E-state index contributed by atoms with van der Waals surface area (Å²) in [6.45, 7) is 7.72. The van der Waals surface area contributed by atoms with Gasteiger partial charge in [-0.1, -0.05) is 43.3 Å².